The molecule has 0 bridgehead atoms. The van der Waals surface area contributed by atoms with Crippen LogP contribution in [0.5, 0.6) is 0 Å². The van der Waals surface area contributed by atoms with Crippen molar-refractivity contribution in [1.82, 2.24) is 0 Å². The zero-order valence-corrected chi connectivity index (χ0v) is 12.3. The highest BCUT2D eigenvalue weighted by molar-refractivity contribution is 9.09. The summed E-state index contributed by atoms with van der Waals surface area (Å²) < 4.78 is 5.73. The summed E-state index contributed by atoms with van der Waals surface area (Å²) in [4.78, 5) is 1.63. The second kappa shape index (κ2) is 6.39. The largest absolute Gasteiger partial charge is 0.378 e. The van der Waals surface area contributed by atoms with Crippen LogP contribution in [0.4, 0.5) is 0 Å². The molecule has 1 aromatic rings. The van der Waals surface area contributed by atoms with Gasteiger partial charge in [0.05, 0.1) is 16.0 Å². The number of hydrogen-bond acceptors (Lipinski definition) is 2. The van der Waals surface area contributed by atoms with Crippen LogP contribution in [0.15, 0.2) is 11.4 Å². The molecule has 0 radical (unpaired) electrons. The monoisotopic (exact) mass is 322 g/mol. The smallest absolute Gasteiger partial charge is 0.0575 e. The fourth-order valence-corrected chi connectivity index (χ4v) is 4.19. The van der Waals surface area contributed by atoms with E-state index in [1.54, 1.807) is 11.3 Å². The van der Waals surface area contributed by atoms with Gasteiger partial charge in [-0.1, -0.05) is 27.5 Å². The highest BCUT2D eigenvalue weighted by Gasteiger charge is 2.18. The molecule has 2 atom stereocenters. The second-order valence-corrected chi connectivity index (χ2v) is 6.63. The van der Waals surface area contributed by atoms with E-state index in [0.717, 1.165) is 24.5 Å². The van der Waals surface area contributed by atoms with E-state index in [2.05, 4.69) is 15.9 Å². The molecule has 1 aliphatic rings. The maximum Gasteiger partial charge on any atom is 0.0575 e. The van der Waals surface area contributed by atoms with Crippen LogP contribution in [-0.2, 0) is 4.74 Å². The Bertz CT molecular complexity index is 323. The van der Waals surface area contributed by atoms with Crippen LogP contribution >= 0.6 is 38.9 Å². The average molecular weight is 324 g/mol. The lowest BCUT2D eigenvalue weighted by molar-refractivity contribution is 0.0102. The first-order valence-electron chi connectivity index (χ1n) is 5.76. The molecule has 0 N–H and O–H groups in total. The highest BCUT2D eigenvalue weighted by Crippen LogP contribution is 2.37. The van der Waals surface area contributed by atoms with Crippen molar-refractivity contribution in [3.8, 4) is 0 Å². The summed E-state index contributed by atoms with van der Waals surface area (Å²) in [5, 5.41) is 2.93. The van der Waals surface area contributed by atoms with Gasteiger partial charge in [0.1, 0.15) is 0 Å². The van der Waals surface area contributed by atoms with Crippen molar-refractivity contribution in [3.05, 3.63) is 21.3 Å². The molecule has 0 saturated carbocycles. The van der Waals surface area contributed by atoms with E-state index in [-0.39, 0.29) is 0 Å². The lowest BCUT2D eigenvalue weighted by Gasteiger charge is -2.23. The highest BCUT2D eigenvalue weighted by atomic mass is 79.9. The lowest BCUT2D eigenvalue weighted by atomic mass is 10.0. The first-order chi connectivity index (χ1) is 7.77. The predicted molar refractivity (Wildman–Crippen MR) is 73.8 cm³/mol. The number of alkyl halides is 1. The van der Waals surface area contributed by atoms with Crippen LogP contribution in [0, 0.1) is 0 Å². The van der Waals surface area contributed by atoms with Gasteiger partial charge in [-0.25, -0.2) is 0 Å². The number of hydrogen-bond donors (Lipinski definition) is 0. The zero-order valence-electron chi connectivity index (χ0n) is 9.12. The van der Waals surface area contributed by atoms with Gasteiger partial charge in [0.2, 0.25) is 0 Å². The Kier molecular flexibility index (Phi) is 5.14. The Hall–Kier alpha value is 0.430. The van der Waals surface area contributed by atoms with Crippen LogP contribution in [0.25, 0.3) is 0 Å². The van der Waals surface area contributed by atoms with Crippen molar-refractivity contribution >= 4 is 38.9 Å². The van der Waals surface area contributed by atoms with E-state index in [0.29, 0.717) is 10.9 Å². The molecular formula is C12H16BrClOS. The van der Waals surface area contributed by atoms with E-state index in [4.69, 9.17) is 16.3 Å². The Labute approximate surface area is 114 Å². The topological polar surface area (TPSA) is 9.23 Å². The molecule has 16 heavy (non-hydrogen) atoms. The predicted octanol–water partition coefficient (Wildman–Crippen LogP) is 5.19. The maximum atomic E-state index is 6.11. The van der Waals surface area contributed by atoms with Gasteiger partial charge in [0, 0.05) is 11.5 Å². The molecule has 0 amide bonds. The summed E-state index contributed by atoms with van der Waals surface area (Å²) >= 11 is 11.5. The summed E-state index contributed by atoms with van der Waals surface area (Å²) in [5.74, 6) is 0. The van der Waals surface area contributed by atoms with Gasteiger partial charge in [-0.2, -0.15) is 0 Å². The summed E-state index contributed by atoms with van der Waals surface area (Å²) in [5.41, 5.74) is 0. The van der Waals surface area contributed by atoms with Crippen LogP contribution < -0.4 is 0 Å². The van der Waals surface area contributed by atoms with Crippen LogP contribution in [0.1, 0.15) is 41.8 Å². The molecule has 90 valence electrons. The Morgan fingerprint density at radius 3 is 3.06 bits per heavy atom. The molecule has 0 spiro atoms. The molecule has 2 rings (SSSR count). The van der Waals surface area contributed by atoms with Gasteiger partial charge in [0.25, 0.3) is 0 Å². The van der Waals surface area contributed by atoms with Crippen LogP contribution in [0.3, 0.4) is 0 Å². The zero-order chi connectivity index (χ0) is 11.4. The van der Waals surface area contributed by atoms with E-state index < -0.39 is 0 Å². The third kappa shape index (κ3) is 3.46. The fourth-order valence-electron chi connectivity index (χ4n) is 2.03. The third-order valence-corrected chi connectivity index (χ3v) is 5.64. The maximum absolute atomic E-state index is 6.11. The lowest BCUT2D eigenvalue weighted by Crippen LogP contribution is -2.19. The Balaban J connectivity index is 1.79. The molecule has 0 aromatic carbocycles. The van der Waals surface area contributed by atoms with Crippen molar-refractivity contribution in [2.75, 3.05) is 6.61 Å². The van der Waals surface area contributed by atoms with Crippen molar-refractivity contribution in [1.29, 1.82) is 0 Å². The van der Waals surface area contributed by atoms with Gasteiger partial charge in [-0.3, -0.25) is 0 Å². The van der Waals surface area contributed by atoms with Crippen molar-refractivity contribution in [3.63, 3.8) is 0 Å². The van der Waals surface area contributed by atoms with Gasteiger partial charge < -0.3 is 4.74 Å². The number of rotatable bonds is 4. The van der Waals surface area contributed by atoms with Crippen LogP contribution in [-0.4, -0.2) is 12.7 Å². The van der Waals surface area contributed by atoms with Crippen LogP contribution in [0.2, 0.25) is 5.02 Å². The second-order valence-electron chi connectivity index (χ2n) is 4.17. The minimum atomic E-state index is 0.380. The van der Waals surface area contributed by atoms with Crippen molar-refractivity contribution in [2.45, 2.75) is 43.0 Å². The van der Waals surface area contributed by atoms with Crippen molar-refractivity contribution < 1.29 is 4.74 Å². The SMILES string of the molecule is Clc1ccsc1C(Br)CCC1CCCCO1. The third-order valence-electron chi connectivity index (χ3n) is 2.95. The first kappa shape index (κ1) is 12.9. The van der Waals surface area contributed by atoms with E-state index in [1.165, 1.54) is 24.1 Å². The van der Waals surface area contributed by atoms with E-state index >= 15 is 0 Å². The number of thiophene rings is 1. The summed E-state index contributed by atoms with van der Waals surface area (Å²) in [7, 11) is 0. The Morgan fingerprint density at radius 1 is 1.56 bits per heavy atom. The van der Waals surface area contributed by atoms with E-state index in [9.17, 15) is 0 Å². The summed E-state index contributed by atoms with van der Waals surface area (Å²) in [6.45, 7) is 0.942. The summed E-state index contributed by atoms with van der Waals surface area (Å²) in [6.07, 6.45) is 6.46. The quantitative estimate of drug-likeness (QED) is 0.693. The molecule has 4 heteroatoms. The molecule has 0 aliphatic carbocycles. The average Bonchev–Trinajstić information content (AvgIpc) is 2.74. The first-order valence-corrected chi connectivity index (χ1v) is 7.93. The molecule has 1 fully saturated rings. The summed E-state index contributed by atoms with van der Waals surface area (Å²) in [6, 6.07) is 1.97. The molecule has 1 nitrogen and oxygen atoms in total. The van der Waals surface area contributed by atoms with Gasteiger partial charge in [-0.15, -0.1) is 11.3 Å². The van der Waals surface area contributed by atoms with Gasteiger partial charge in [-0.05, 0) is 43.6 Å². The molecule has 2 unspecified atom stereocenters. The molecular weight excluding hydrogens is 308 g/mol. The van der Waals surface area contributed by atoms with E-state index in [1.807, 2.05) is 11.4 Å². The Morgan fingerprint density at radius 2 is 2.44 bits per heavy atom. The molecule has 1 aliphatic heterocycles. The number of ether oxygens (including phenoxy) is 1. The molecule has 1 saturated heterocycles. The normalized spacial score (nSPS) is 23.2. The molecule has 2 heterocycles. The minimum Gasteiger partial charge on any atom is -0.378 e. The molecule has 1 aromatic heterocycles. The fraction of sp³-hybridized carbons (Fsp3) is 0.667. The van der Waals surface area contributed by atoms with Crippen molar-refractivity contribution in [2.24, 2.45) is 0 Å². The van der Waals surface area contributed by atoms with Gasteiger partial charge in [0.15, 0.2) is 0 Å². The number of halogens is 2. The minimum absolute atomic E-state index is 0.380. The van der Waals surface area contributed by atoms with Gasteiger partial charge >= 0.3 is 0 Å². The standard InChI is InChI=1S/C12H16BrClOS/c13-10(12-11(14)6-8-16-12)5-4-9-3-1-2-7-15-9/h6,8-10H,1-5,7H2.